The number of carbonyl (C=O) groups excluding carboxylic acids is 1. The van der Waals surface area contributed by atoms with Gasteiger partial charge in [0.1, 0.15) is 5.82 Å². The number of aliphatic imine (C=N–C) groups is 1. The average Bonchev–Trinajstić information content (AvgIpc) is 3.42. The predicted octanol–water partition coefficient (Wildman–Crippen LogP) is 4.52. The number of halogens is 2. The molecule has 0 amide bonds. The third kappa shape index (κ3) is 4.17. The van der Waals surface area contributed by atoms with E-state index in [1.807, 2.05) is 30.3 Å². The standard InChI is InChI=1S/C25H26ClFN4O/c26-19-1-6-24-22(15-19)23(16-31(24)21-4-2-20(27)3-5-21)18-7-10-29(11-8-18)13-14-30-12-9-28-25(30)17-32/h1-6,15-18H,7-14H2. The van der Waals surface area contributed by atoms with Crippen molar-refractivity contribution in [1.82, 2.24) is 14.4 Å². The fraction of sp³-hybridized carbons (Fsp3) is 0.360. The van der Waals surface area contributed by atoms with Gasteiger partial charge in [-0.15, -0.1) is 0 Å². The molecule has 0 spiro atoms. The van der Waals surface area contributed by atoms with Crippen molar-refractivity contribution in [3.8, 4) is 5.69 Å². The molecule has 2 aliphatic rings. The molecule has 7 heteroatoms. The number of hydrogen-bond acceptors (Lipinski definition) is 4. The fourth-order valence-electron chi connectivity index (χ4n) is 4.94. The number of carbonyl (C=O) groups is 1. The normalized spacial score (nSPS) is 17.8. The summed E-state index contributed by atoms with van der Waals surface area (Å²) in [6, 6.07) is 12.6. The van der Waals surface area contributed by atoms with Gasteiger partial charge in [-0.1, -0.05) is 11.6 Å². The molecule has 3 aromatic rings. The maximum Gasteiger partial charge on any atom is 0.184 e. The van der Waals surface area contributed by atoms with Gasteiger partial charge in [0.2, 0.25) is 0 Å². The summed E-state index contributed by atoms with van der Waals surface area (Å²) < 4.78 is 15.6. The molecule has 0 unspecified atom stereocenters. The molecule has 0 radical (unpaired) electrons. The highest BCUT2D eigenvalue weighted by molar-refractivity contribution is 6.31. The summed E-state index contributed by atoms with van der Waals surface area (Å²) in [7, 11) is 0. The van der Waals surface area contributed by atoms with E-state index in [4.69, 9.17) is 11.6 Å². The molecule has 166 valence electrons. The molecular weight excluding hydrogens is 427 g/mol. The van der Waals surface area contributed by atoms with Crippen LogP contribution >= 0.6 is 11.6 Å². The zero-order valence-corrected chi connectivity index (χ0v) is 18.6. The van der Waals surface area contributed by atoms with Crippen LogP contribution in [0.4, 0.5) is 4.39 Å². The van der Waals surface area contributed by atoms with E-state index in [9.17, 15) is 9.18 Å². The van der Waals surface area contributed by atoms with Gasteiger partial charge < -0.3 is 14.4 Å². The molecular formula is C25H26ClFN4O. The second-order valence-electron chi connectivity index (χ2n) is 8.55. The third-order valence-corrected chi connectivity index (χ3v) is 6.92. The van der Waals surface area contributed by atoms with Crippen molar-refractivity contribution in [2.45, 2.75) is 18.8 Å². The number of aromatic nitrogens is 1. The van der Waals surface area contributed by atoms with E-state index >= 15 is 0 Å². The number of likely N-dealkylation sites (tertiary alicyclic amines) is 1. The second kappa shape index (κ2) is 9.04. The van der Waals surface area contributed by atoms with Gasteiger partial charge in [0.25, 0.3) is 0 Å². The molecule has 2 aromatic carbocycles. The van der Waals surface area contributed by atoms with Crippen LogP contribution in [0.3, 0.4) is 0 Å². The molecule has 2 aliphatic heterocycles. The zero-order chi connectivity index (χ0) is 22.1. The number of rotatable bonds is 6. The van der Waals surface area contributed by atoms with Crippen LogP contribution in [0.5, 0.6) is 0 Å². The number of benzene rings is 2. The largest absolute Gasteiger partial charge is 0.351 e. The molecule has 0 aliphatic carbocycles. The number of aldehydes is 1. The van der Waals surface area contributed by atoms with Crippen molar-refractivity contribution in [1.29, 1.82) is 0 Å². The SMILES string of the molecule is O=CC1=NCCN1CCN1CCC(c2cn(-c3ccc(F)cc3)c3ccc(Cl)cc23)CC1. The van der Waals surface area contributed by atoms with Crippen molar-refractivity contribution in [2.75, 3.05) is 39.3 Å². The van der Waals surface area contributed by atoms with E-state index in [0.29, 0.717) is 11.8 Å². The Labute approximate surface area is 192 Å². The summed E-state index contributed by atoms with van der Waals surface area (Å²) in [4.78, 5) is 19.9. The minimum atomic E-state index is -0.235. The summed E-state index contributed by atoms with van der Waals surface area (Å²) in [5.41, 5.74) is 3.34. The van der Waals surface area contributed by atoms with Crippen molar-refractivity contribution >= 4 is 34.6 Å². The number of nitrogens with zero attached hydrogens (tertiary/aromatic N) is 4. The fourth-order valence-corrected chi connectivity index (χ4v) is 5.11. The quantitative estimate of drug-likeness (QED) is 0.516. The maximum atomic E-state index is 13.4. The Bertz CT molecular complexity index is 1150. The third-order valence-electron chi connectivity index (χ3n) is 6.69. The first-order chi connectivity index (χ1) is 15.6. The maximum absolute atomic E-state index is 13.4. The molecule has 3 heterocycles. The lowest BCUT2D eigenvalue weighted by atomic mass is 9.89. The minimum Gasteiger partial charge on any atom is -0.351 e. The molecule has 1 fully saturated rings. The van der Waals surface area contributed by atoms with Crippen LogP contribution in [0.25, 0.3) is 16.6 Å². The van der Waals surface area contributed by atoms with E-state index in [1.165, 1.54) is 23.1 Å². The lowest BCUT2D eigenvalue weighted by Gasteiger charge is -2.33. The Morgan fingerprint density at radius 2 is 1.84 bits per heavy atom. The first-order valence-electron chi connectivity index (χ1n) is 11.2. The summed E-state index contributed by atoms with van der Waals surface area (Å²) >= 11 is 6.35. The van der Waals surface area contributed by atoms with Crippen molar-refractivity contribution in [2.24, 2.45) is 4.99 Å². The number of amidine groups is 1. The van der Waals surface area contributed by atoms with Crippen LogP contribution in [0.1, 0.15) is 24.3 Å². The smallest absolute Gasteiger partial charge is 0.184 e. The second-order valence-corrected chi connectivity index (χ2v) is 8.99. The van der Waals surface area contributed by atoms with Crippen LogP contribution in [0, 0.1) is 5.82 Å². The Morgan fingerprint density at radius 3 is 2.59 bits per heavy atom. The van der Waals surface area contributed by atoms with Gasteiger partial charge in [-0.05, 0) is 79.9 Å². The molecule has 5 rings (SSSR count). The molecule has 0 bridgehead atoms. The van der Waals surface area contributed by atoms with Crippen molar-refractivity contribution < 1.29 is 9.18 Å². The van der Waals surface area contributed by atoms with Gasteiger partial charge in [-0.25, -0.2) is 4.39 Å². The van der Waals surface area contributed by atoms with Gasteiger partial charge in [-0.2, -0.15) is 0 Å². The number of piperidine rings is 1. The van der Waals surface area contributed by atoms with Crippen LogP contribution in [0.15, 0.2) is 53.7 Å². The van der Waals surface area contributed by atoms with Crippen LogP contribution in [-0.2, 0) is 4.79 Å². The molecule has 5 nitrogen and oxygen atoms in total. The molecule has 0 N–H and O–H groups in total. The Morgan fingerprint density at radius 1 is 1.06 bits per heavy atom. The minimum absolute atomic E-state index is 0.235. The first kappa shape index (κ1) is 21.2. The highest BCUT2D eigenvalue weighted by Gasteiger charge is 2.25. The average molecular weight is 453 g/mol. The topological polar surface area (TPSA) is 40.8 Å². The zero-order valence-electron chi connectivity index (χ0n) is 17.9. The van der Waals surface area contributed by atoms with Crippen molar-refractivity contribution in [3.05, 3.63) is 65.1 Å². The van der Waals surface area contributed by atoms with Crippen LogP contribution < -0.4 is 0 Å². The van der Waals surface area contributed by atoms with Gasteiger partial charge in [0.05, 0.1) is 12.1 Å². The molecule has 1 aromatic heterocycles. The van der Waals surface area contributed by atoms with Crippen molar-refractivity contribution in [3.63, 3.8) is 0 Å². The van der Waals surface area contributed by atoms with E-state index in [0.717, 1.165) is 74.6 Å². The van der Waals surface area contributed by atoms with Crippen LogP contribution in [0.2, 0.25) is 5.02 Å². The van der Waals surface area contributed by atoms with Gasteiger partial charge in [0, 0.05) is 41.9 Å². The molecule has 0 atom stereocenters. The summed E-state index contributed by atoms with van der Waals surface area (Å²) in [5.74, 6) is 0.805. The summed E-state index contributed by atoms with van der Waals surface area (Å²) in [6.07, 6.45) is 5.21. The van der Waals surface area contributed by atoms with E-state index in [-0.39, 0.29) is 5.82 Å². The van der Waals surface area contributed by atoms with Gasteiger partial charge in [0.15, 0.2) is 12.1 Å². The number of hydrogen-bond donors (Lipinski definition) is 0. The first-order valence-corrected chi connectivity index (χ1v) is 11.5. The molecule has 0 saturated carbocycles. The van der Waals surface area contributed by atoms with Crippen LogP contribution in [-0.4, -0.2) is 65.8 Å². The van der Waals surface area contributed by atoms with E-state index in [2.05, 4.69) is 25.6 Å². The lowest BCUT2D eigenvalue weighted by molar-refractivity contribution is -0.103. The lowest BCUT2D eigenvalue weighted by Crippen LogP contribution is -2.40. The Kier molecular flexibility index (Phi) is 5.98. The molecule has 1 saturated heterocycles. The monoisotopic (exact) mass is 452 g/mol. The Hall–Kier alpha value is -2.70. The predicted molar refractivity (Wildman–Crippen MR) is 127 cm³/mol. The summed E-state index contributed by atoms with van der Waals surface area (Å²) in [5, 5.41) is 1.90. The number of fused-ring (bicyclic) bond motifs is 1. The Balaban J connectivity index is 1.32. The van der Waals surface area contributed by atoms with Gasteiger partial charge >= 0.3 is 0 Å². The highest BCUT2D eigenvalue weighted by Crippen LogP contribution is 2.37. The van der Waals surface area contributed by atoms with E-state index in [1.54, 1.807) is 0 Å². The van der Waals surface area contributed by atoms with Gasteiger partial charge in [-0.3, -0.25) is 9.79 Å². The van der Waals surface area contributed by atoms with E-state index < -0.39 is 0 Å². The molecule has 32 heavy (non-hydrogen) atoms. The summed E-state index contributed by atoms with van der Waals surface area (Å²) in [6.45, 7) is 5.40. The highest BCUT2D eigenvalue weighted by atomic mass is 35.5.